The number of nitrogens with zero attached hydrogens (tertiary/aromatic N) is 1. The summed E-state index contributed by atoms with van der Waals surface area (Å²) in [5, 5.41) is 0.517. The molecule has 0 aliphatic heterocycles. The molecule has 2 aromatic carbocycles. The minimum absolute atomic E-state index is 0.0604. The summed E-state index contributed by atoms with van der Waals surface area (Å²) in [5.41, 5.74) is 4.50. The highest BCUT2D eigenvalue weighted by Crippen LogP contribution is 2.44. The summed E-state index contributed by atoms with van der Waals surface area (Å²) in [6, 6.07) is 16.1. The number of rotatable bonds is 4. The third kappa shape index (κ3) is 3.02. The van der Waals surface area contributed by atoms with Crippen molar-refractivity contribution in [3.63, 3.8) is 0 Å². The molecule has 5 nitrogen and oxygen atoms in total. The number of carbonyl (C=O) groups is 2. The van der Waals surface area contributed by atoms with E-state index in [1.54, 1.807) is 0 Å². The molecule has 2 amide bonds. The number of carbonyl (C=O) groups excluding carboxylic acids is 2. The zero-order valence-corrected chi connectivity index (χ0v) is 13.9. The quantitative estimate of drug-likeness (QED) is 0.388. The number of benzene rings is 2. The van der Waals surface area contributed by atoms with Gasteiger partial charge < -0.3 is 4.74 Å². The number of hydrazine groups is 1. The average molecular weight is 342 g/mol. The second kappa shape index (κ2) is 7.07. The number of amides is 2. The minimum atomic E-state index is -0.844. The van der Waals surface area contributed by atoms with Gasteiger partial charge >= 0.3 is 6.09 Å². The lowest BCUT2D eigenvalue weighted by Gasteiger charge is -2.18. The molecule has 2 aromatic rings. The van der Waals surface area contributed by atoms with Crippen LogP contribution >= 0.6 is 12.6 Å². The molecular formula is C18H18N2O3S. The van der Waals surface area contributed by atoms with Crippen molar-refractivity contribution in [3.05, 3.63) is 59.7 Å². The predicted octanol–water partition coefficient (Wildman–Crippen LogP) is 2.96. The van der Waals surface area contributed by atoms with Crippen LogP contribution in [-0.2, 0) is 9.53 Å². The molecule has 0 saturated heterocycles. The van der Waals surface area contributed by atoms with Gasteiger partial charge in [-0.25, -0.2) is 10.6 Å². The molecule has 3 rings (SSSR count). The summed E-state index contributed by atoms with van der Waals surface area (Å²) in [6.07, 6.45) is -0.757. The number of nitrogens with two attached hydrogens (primary N) is 1. The van der Waals surface area contributed by atoms with E-state index in [0.29, 0.717) is 10.8 Å². The van der Waals surface area contributed by atoms with Crippen molar-refractivity contribution in [2.75, 3.05) is 12.4 Å². The van der Waals surface area contributed by atoms with Gasteiger partial charge in [0.1, 0.15) is 6.61 Å². The molecule has 2 N–H and O–H groups in total. The van der Waals surface area contributed by atoms with E-state index in [-0.39, 0.29) is 18.9 Å². The summed E-state index contributed by atoms with van der Waals surface area (Å²) in [7, 11) is 0. The van der Waals surface area contributed by atoms with E-state index in [4.69, 9.17) is 10.6 Å². The number of ether oxygens (including phenoxy) is 1. The molecule has 0 heterocycles. The van der Waals surface area contributed by atoms with Gasteiger partial charge in [-0.2, -0.15) is 17.6 Å². The fourth-order valence-corrected chi connectivity index (χ4v) is 3.17. The van der Waals surface area contributed by atoms with Gasteiger partial charge in [-0.05, 0) is 28.0 Å². The van der Waals surface area contributed by atoms with Crippen molar-refractivity contribution >= 4 is 24.6 Å². The van der Waals surface area contributed by atoms with E-state index < -0.39 is 12.0 Å². The van der Waals surface area contributed by atoms with Crippen LogP contribution in [0.5, 0.6) is 0 Å². The SMILES string of the molecule is NN(C(=O)CCS)C(=O)OCC1c2ccccc2-c2ccccc21. The van der Waals surface area contributed by atoms with Gasteiger partial charge in [-0.3, -0.25) is 4.79 Å². The van der Waals surface area contributed by atoms with Gasteiger partial charge in [0, 0.05) is 12.3 Å². The fourth-order valence-electron chi connectivity index (χ4n) is 2.98. The molecule has 24 heavy (non-hydrogen) atoms. The monoisotopic (exact) mass is 342 g/mol. The molecule has 6 heteroatoms. The Balaban J connectivity index is 1.76. The predicted molar refractivity (Wildman–Crippen MR) is 94.6 cm³/mol. The molecule has 0 atom stereocenters. The first-order valence-electron chi connectivity index (χ1n) is 7.67. The molecule has 0 spiro atoms. The van der Waals surface area contributed by atoms with Gasteiger partial charge in [0.15, 0.2) is 0 Å². The average Bonchev–Trinajstić information content (AvgIpc) is 2.93. The van der Waals surface area contributed by atoms with Crippen molar-refractivity contribution in [1.82, 2.24) is 5.01 Å². The van der Waals surface area contributed by atoms with Crippen molar-refractivity contribution in [2.24, 2.45) is 5.84 Å². The standard InChI is InChI=1S/C18H18N2O3S/c19-20(17(21)9-10-24)18(22)23-11-16-14-7-3-1-5-12(14)13-6-2-4-8-15(13)16/h1-8,16,24H,9-11,19H2. The molecule has 0 fully saturated rings. The second-order valence-corrected chi connectivity index (χ2v) is 5.99. The maximum absolute atomic E-state index is 12.0. The topological polar surface area (TPSA) is 72.6 Å². The molecule has 0 saturated carbocycles. The van der Waals surface area contributed by atoms with E-state index in [1.807, 2.05) is 36.4 Å². The summed E-state index contributed by atoms with van der Waals surface area (Å²) < 4.78 is 5.29. The maximum Gasteiger partial charge on any atom is 0.431 e. The van der Waals surface area contributed by atoms with E-state index in [9.17, 15) is 9.59 Å². The van der Waals surface area contributed by atoms with Crippen LogP contribution in [0.2, 0.25) is 0 Å². The van der Waals surface area contributed by atoms with Crippen LogP contribution in [0.3, 0.4) is 0 Å². The third-order valence-corrected chi connectivity index (χ3v) is 4.35. The second-order valence-electron chi connectivity index (χ2n) is 5.54. The van der Waals surface area contributed by atoms with Crippen molar-refractivity contribution < 1.29 is 14.3 Å². The number of fused-ring (bicyclic) bond motifs is 3. The molecule has 124 valence electrons. The first-order chi connectivity index (χ1) is 11.6. The highest BCUT2D eigenvalue weighted by Gasteiger charge is 2.30. The summed E-state index contributed by atoms with van der Waals surface area (Å²) in [4.78, 5) is 23.6. The first-order valence-corrected chi connectivity index (χ1v) is 8.30. The van der Waals surface area contributed by atoms with Crippen LogP contribution in [0.15, 0.2) is 48.5 Å². The Hall–Kier alpha value is -2.31. The lowest BCUT2D eigenvalue weighted by molar-refractivity contribution is -0.129. The number of hydrogen-bond donors (Lipinski definition) is 2. The molecule has 0 radical (unpaired) electrons. The third-order valence-electron chi connectivity index (χ3n) is 4.13. The number of thiol groups is 1. The van der Waals surface area contributed by atoms with Crippen LogP contribution in [0.1, 0.15) is 23.5 Å². The van der Waals surface area contributed by atoms with Gasteiger partial charge in [-0.15, -0.1) is 0 Å². The van der Waals surface area contributed by atoms with E-state index in [1.165, 1.54) is 0 Å². The Labute approximate surface area is 145 Å². The van der Waals surface area contributed by atoms with E-state index in [2.05, 4.69) is 24.8 Å². The van der Waals surface area contributed by atoms with Gasteiger partial charge in [0.05, 0.1) is 0 Å². The van der Waals surface area contributed by atoms with Crippen LogP contribution in [0, 0.1) is 0 Å². The van der Waals surface area contributed by atoms with Gasteiger partial charge in [0.25, 0.3) is 0 Å². The first kappa shape index (κ1) is 16.5. The molecule has 0 unspecified atom stereocenters. The number of imide groups is 1. The highest BCUT2D eigenvalue weighted by atomic mass is 32.1. The van der Waals surface area contributed by atoms with Crippen LogP contribution in [0.25, 0.3) is 11.1 Å². The molecule has 0 bridgehead atoms. The lowest BCUT2D eigenvalue weighted by atomic mass is 9.98. The Kier molecular flexibility index (Phi) is 4.87. The van der Waals surface area contributed by atoms with Gasteiger partial charge in [-0.1, -0.05) is 48.5 Å². The zero-order chi connectivity index (χ0) is 17.1. The van der Waals surface area contributed by atoms with Crippen molar-refractivity contribution in [3.8, 4) is 11.1 Å². The van der Waals surface area contributed by atoms with Crippen molar-refractivity contribution in [2.45, 2.75) is 12.3 Å². The zero-order valence-electron chi connectivity index (χ0n) is 13.0. The van der Waals surface area contributed by atoms with Crippen molar-refractivity contribution in [1.29, 1.82) is 0 Å². The largest absolute Gasteiger partial charge is 0.447 e. The maximum atomic E-state index is 12.0. The normalized spacial score (nSPS) is 12.4. The summed E-state index contributed by atoms with van der Waals surface area (Å²) >= 11 is 3.95. The Morgan fingerprint density at radius 3 is 2.12 bits per heavy atom. The molecule has 0 aromatic heterocycles. The summed E-state index contributed by atoms with van der Waals surface area (Å²) in [6.45, 7) is 0.134. The highest BCUT2D eigenvalue weighted by molar-refractivity contribution is 7.80. The Bertz CT molecular complexity index is 733. The van der Waals surface area contributed by atoms with E-state index >= 15 is 0 Å². The molecular weight excluding hydrogens is 324 g/mol. The van der Waals surface area contributed by atoms with E-state index in [0.717, 1.165) is 22.3 Å². The fraction of sp³-hybridized carbons (Fsp3) is 0.222. The van der Waals surface area contributed by atoms with Crippen LogP contribution in [-0.4, -0.2) is 29.4 Å². The lowest BCUT2D eigenvalue weighted by Crippen LogP contribution is -2.43. The smallest absolute Gasteiger partial charge is 0.431 e. The van der Waals surface area contributed by atoms with Gasteiger partial charge in [0.2, 0.25) is 5.91 Å². The molecule has 1 aliphatic carbocycles. The van der Waals surface area contributed by atoms with Crippen LogP contribution < -0.4 is 5.84 Å². The van der Waals surface area contributed by atoms with Crippen LogP contribution in [0.4, 0.5) is 4.79 Å². The Morgan fingerprint density at radius 2 is 1.58 bits per heavy atom. The minimum Gasteiger partial charge on any atom is -0.447 e. The summed E-state index contributed by atoms with van der Waals surface area (Å²) in [5.74, 6) is 5.25. The molecule has 1 aliphatic rings. The number of hydrogen-bond acceptors (Lipinski definition) is 5. The Morgan fingerprint density at radius 1 is 1.04 bits per heavy atom.